The maximum absolute atomic E-state index is 11.7. The number of phenols is 1. The van der Waals surface area contributed by atoms with Crippen LogP contribution in [-0.2, 0) is 6.54 Å². The van der Waals surface area contributed by atoms with Crippen molar-refractivity contribution in [2.75, 3.05) is 0 Å². The lowest BCUT2D eigenvalue weighted by atomic mass is 10.2. The van der Waals surface area contributed by atoms with E-state index in [1.165, 1.54) is 0 Å². The maximum Gasteiger partial charge on any atom is 0.272 e. The fraction of sp³-hybridized carbons (Fsp3) is 0.273. The molecule has 4 heteroatoms. The van der Waals surface area contributed by atoms with Crippen LogP contribution in [-0.4, -0.2) is 14.7 Å². The van der Waals surface area contributed by atoms with Gasteiger partial charge in [-0.1, -0.05) is 6.07 Å². The third kappa shape index (κ3) is 1.38. The highest BCUT2D eigenvalue weighted by atomic mass is 16.3. The van der Waals surface area contributed by atoms with E-state index < -0.39 is 0 Å². The molecule has 4 nitrogen and oxygen atoms in total. The molecule has 1 heterocycles. The van der Waals surface area contributed by atoms with Crippen molar-refractivity contribution in [1.82, 2.24) is 9.55 Å². The number of phenolic OH excluding ortho intramolecular Hbond substituents is 1. The van der Waals surface area contributed by atoms with Crippen molar-refractivity contribution in [2.24, 2.45) is 0 Å². The zero-order valence-corrected chi connectivity index (χ0v) is 8.69. The number of aromatic hydroxyl groups is 1. The monoisotopic (exact) mass is 204 g/mol. The fourth-order valence-corrected chi connectivity index (χ4v) is 1.69. The lowest BCUT2D eigenvalue weighted by Gasteiger charge is -2.08. The van der Waals surface area contributed by atoms with E-state index in [0.29, 0.717) is 23.3 Å². The van der Waals surface area contributed by atoms with Gasteiger partial charge in [0.25, 0.3) is 5.56 Å². The Morgan fingerprint density at radius 1 is 1.47 bits per heavy atom. The molecule has 15 heavy (non-hydrogen) atoms. The summed E-state index contributed by atoms with van der Waals surface area (Å²) in [4.78, 5) is 15.8. The van der Waals surface area contributed by atoms with Gasteiger partial charge in [-0.2, -0.15) is 0 Å². The van der Waals surface area contributed by atoms with Crippen LogP contribution >= 0.6 is 0 Å². The van der Waals surface area contributed by atoms with Crippen LogP contribution in [0.4, 0.5) is 0 Å². The Hall–Kier alpha value is -1.84. The highest BCUT2D eigenvalue weighted by Gasteiger charge is 2.08. The second-order valence-corrected chi connectivity index (χ2v) is 3.39. The summed E-state index contributed by atoms with van der Waals surface area (Å²) in [5.74, 6) is 0.109. The van der Waals surface area contributed by atoms with Gasteiger partial charge in [-0.05, 0) is 26.0 Å². The number of aryl methyl sites for hydroxylation is 2. The van der Waals surface area contributed by atoms with E-state index in [1.807, 2.05) is 6.92 Å². The topological polar surface area (TPSA) is 55.1 Å². The Kier molecular flexibility index (Phi) is 2.19. The third-order valence-electron chi connectivity index (χ3n) is 2.43. The van der Waals surface area contributed by atoms with Crippen LogP contribution in [0.1, 0.15) is 12.6 Å². The zero-order chi connectivity index (χ0) is 11.0. The molecule has 0 spiro atoms. The van der Waals surface area contributed by atoms with Crippen LogP contribution in [0.25, 0.3) is 11.0 Å². The van der Waals surface area contributed by atoms with E-state index in [0.717, 1.165) is 0 Å². The third-order valence-corrected chi connectivity index (χ3v) is 2.43. The van der Waals surface area contributed by atoms with E-state index in [-0.39, 0.29) is 11.3 Å². The number of hydrogen-bond acceptors (Lipinski definition) is 3. The standard InChI is InChI=1S/C11H12N2O2/c1-3-13-8-5-4-6-9(14)10(8)12-7(2)11(13)15/h4-6,14H,3H2,1-2H3. The van der Waals surface area contributed by atoms with Crippen LogP contribution in [0.5, 0.6) is 5.75 Å². The molecule has 2 aromatic rings. The van der Waals surface area contributed by atoms with Crippen LogP contribution < -0.4 is 5.56 Å². The summed E-state index contributed by atoms with van der Waals surface area (Å²) in [6.07, 6.45) is 0. The molecule has 0 unspecified atom stereocenters. The Morgan fingerprint density at radius 3 is 2.87 bits per heavy atom. The van der Waals surface area contributed by atoms with E-state index in [1.54, 1.807) is 29.7 Å². The molecule has 0 aliphatic carbocycles. The molecule has 0 atom stereocenters. The average Bonchev–Trinajstić information content (AvgIpc) is 2.22. The Bertz CT molecular complexity index is 573. The Morgan fingerprint density at radius 2 is 2.20 bits per heavy atom. The van der Waals surface area contributed by atoms with Crippen molar-refractivity contribution in [3.8, 4) is 5.75 Å². The summed E-state index contributed by atoms with van der Waals surface area (Å²) < 4.78 is 1.61. The largest absolute Gasteiger partial charge is 0.506 e. The van der Waals surface area contributed by atoms with E-state index in [2.05, 4.69) is 4.98 Å². The van der Waals surface area contributed by atoms with Gasteiger partial charge in [0.2, 0.25) is 0 Å². The first-order chi connectivity index (χ1) is 7.15. The highest BCUT2D eigenvalue weighted by Crippen LogP contribution is 2.20. The molecule has 0 fully saturated rings. The van der Waals surface area contributed by atoms with Crippen molar-refractivity contribution < 1.29 is 5.11 Å². The second kappa shape index (κ2) is 3.38. The molecular weight excluding hydrogens is 192 g/mol. The first-order valence-corrected chi connectivity index (χ1v) is 4.84. The minimum atomic E-state index is -0.101. The van der Waals surface area contributed by atoms with Crippen molar-refractivity contribution >= 4 is 11.0 Å². The van der Waals surface area contributed by atoms with Gasteiger partial charge in [0.05, 0.1) is 5.52 Å². The van der Waals surface area contributed by atoms with Crippen molar-refractivity contribution in [3.63, 3.8) is 0 Å². The number of aromatic nitrogens is 2. The SMILES string of the molecule is CCn1c(=O)c(C)nc2c(O)cccc21. The number of fused-ring (bicyclic) bond motifs is 1. The van der Waals surface area contributed by atoms with Gasteiger partial charge in [0, 0.05) is 6.54 Å². The van der Waals surface area contributed by atoms with Crippen LogP contribution in [0.3, 0.4) is 0 Å². The van der Waals surface area contributed by atoms with Gasteiger partial charge in [0.1, 0.15) is 17.0 Å². The lowest BCUT2D eigenvalue weighted by molar-refractivity contribution is 0.479. The van der Waals surface area contributed by atoms with Crippen LogP contribution in [0.15, 0.2) is 23.0 Å². The minimum Gasteiger partial charge on any atom is -0.506 e. The molecule has 0 aliphatic heterocycles. The molecule has 0 aliphatic rings. The summed E-state index contributed by atoms with van der Waals surface area (Å²) in [6.45, 7) is 4.12. The predicted octanol–water partition coefficient (Wildman–Crippen LogP) is 1.43. The summed E-state index contributed by atoms with van der Waals surface area (Å²) in [7, 11) is 0. The number of para-hydroxylation sites is 1. The van der Waals surface area contributed by atoms with Crippen molar-refractivity contribution in [1.29, 1.82) is 0 Å². The van der Waals surface area contributed by atoms with Crippen molar-refractivity contribution in [2.45, 2.75) is 20.4 Å². The number of hydrogen-bond donors (Lipinski definition) is 1. The summed E-state index contributed by atoms with van der Waals surface area (Å²) in [5.41, 5.74) is 1.46. The smallest absolute Gasteiger partial charge is 0.272 e. The second-order valence-electron chi connectivity index (χ2n) is 3.39. The zero-order valence-electron chi connectivity index (χ0n) is 8.69. The maximum atomic E-state index is 11.7. The molecule has 2 rings (SSSR count). The Labute approximate surface area is 86.8 Å². The van der Waals surface area contributed by atoms with Gasteiger partial charge < -0.3 is 9.67 Å². The fourth-order valence-electron chi connectivity index (χ4n) is 1.69. The van der Waals surface area contributed by atoms with Gasteiger partial charge in [-0.3, -0.25) is 4.79 Å². The predicted molar refractivity (Wildman–Crippen MR) is 58.1 cm³/mol. The first-order valence-electron chi connectivity index (χ1n) is 4.84. The van der Waals surface area contributed by atoms with Gasteiger partial charge >= 0.3 is 0 Å². The highest BCUT2D eigenvalue weighted by molar-refractivity contribution is 5.81. The molecule has 0 radical (unpaired) electrons. The summed E-state index contributed by atoms with van der Waals surface area (Å²) >= 11 is 0. The molecule has 1 aromatic carbocycles. The van der Waals surface area contributed by atoms with Crippen molar-refractivity contribution in [3.05, 3.63) is 34.2 Å². The van der Waals surface area contributed by atoms with E-state index >= 15 is 0 Å². The van der Waals surface area contributed by atoms with Gasteiger partial charge in [-0.15, -0.1) is 0 Å². The Balaban J connectivity index is 3.01. The van der Waals surface area contributed by atoms with Gasteiger partial charge in [0.15, 0.2) is 0 Å². The molecule has 0 bridgehead atoms. The first kappa shape index (κ1) is 9.71. The molecule has 1 aromatic heterocycles. The van der Waals surface area contributed by atoms with Gasteiger partial charge in [-0.25, -0.2) is 4.98 Å². The number of rotatable bonds is 1. The van der Waals surface area contributed by atoms with E-state index in [4.69, 9.17) is 0 Å². The summed E-state index contributed by atoms with van der Waals surface area (Å²) in [6, 6.07) is 5.06. The van der Waals surface area contributed by atoms with Crippen LogP contribution in [0.2, 0.25) is 0 Å². The lowest BCUT2D eigenvalue weighted by Crippen LogP contribution is -2.23. The van der Waals surface area contributed by atoms with Crippen LogP contribution in [0, 0.1) is 6.92 Å². The average molecular weight is 204 g/mol. The minimum absolute atomic E-state index is 0.101. The number of nitrogens with zero attached hydrogens (tertiary/aromatic N) is 2. The summed E-state index contributed by atoms with van der Waals surface area (Å²) in [5, 5.41) is 9.63. The molecule has 0 amide bonds. The number of benzene rings is 1. The quantitative estimate of drug-likeness (QED) is 0.764. The molecule has 1 N–H and O–H groups in total. The molecule has 0 saturated carbocycles. The molecular formula is C11H12N2O2. The molecule has 0 saturated heterocycles. The normalized spacial score (nSPS) is 10.8. The van der Waals surface area contributed by atoms with E-state index in [9.17, 15) is 9.90 Å². The molecule has 78 valence electrons.